The molecule has 4 fully saturated rings. The number of methoxy groups -OCH3 is 1. The summed E-state index contributed by atoms with van der Waals surface area (Å²) in [6.45, 7) is 12.8. The number of morpholine rings is 2. The van der Waals surface area contributed by atoms with Gasteiger partial charge in [0.05, 0.1) is 88.8 Å². The number of esters is 1. The van der Waals surface area contributed by atoms with Gasteiger partial charge < -0.3 is 54.2 Å². The molecule has 4 heterocycles. The van der Waals surface area contributed by atoms with Crippen molar-refractivity contribution < 1.29 is 70.7 Å². The van der Waals surface area contributed by atoms with E-state index in [9.17, 15) is 37.5 Å². The Balaban J connectivity index is 0.000000454. The van der Waals surface area contributed by atoms with Crippen LogP contribution in [-0.2, 0) is 47.6 Å². The zero-order valence-electron chi connectivity index (χ0n) is 36.5. The number of epoxide rings is 1. The number of halogens is 4. The highest BCUT2D eigenvalue weighted by Crippen LogP contribution is 2.28. The van der Waals surface area contributed by atoms with Gasteiger partial charge in [0.25, 0.3) is 0 Å². The molecule has 5 amide bonds. The van der Waals surface area contributed by atoms with Gasteiger partial charge in [-0.15, -0.1) is 11.6 Å². The molecule has 0 spiro atoms. The van der Waals surface area contributed by atoms with Gasteiger partial charge in [-0.3, -0.25) is 34.1 Å². The molecule has 2 aromatic carbocycles. The smallest absolute Gasteiger partial charge is 0.414 e. The number of rotatable bonds is 12. The van der Waals surface area contributed by atoms with Gasteiger partial charge in [-0.2, -0.15) is 0 Å². The molecule has 4 aliphatic heterocycles. The number of nitrogens with one attached hydrogen (secondary N) is 4. The molecule has 0 aromatic heterocycles. The summed E-state index contributed by atoms with van der Waals surface area (Å²) in [6, 6.07) is 9.28. The summed E-state index contributed by atoms with van der Waals surface area (Å²) in [5.74, 6) is -1.31. The van der Waals surface area contributed by atoms with Crippen molar-refractivity contribution in [2.75, 3.05) is 118 Å². The number of cyclic esters (lactones) is 1. The fourth-order valence-corrected chi connectivity index (χ4v) is 5.87. The maximum Gasteiger partial charge on any atom is 0.414 e. The summed E-state index contributed by atoms with van der Waals surface area (Å²) in [7, 11) is 1.26. The molecule has 4 saturated heterocycles. The average molecular weight is 931 g/mol. The van der Waals surface area contributed by atoms with Crippen molar-refractivity contribution >= 4 is 78.6 Å². The van der Waals surface area contributed by atoms with Crippen LogP contribution in [0, 0.1) is 11.6 Å². The van der Waals surface area contributed by atoms with Crippen molar-refractivity contribution in [1.29, 1.82) is 0 Å². The minimum absolute atomic E-state index is 0. The van der Waals surface area contributed by atoms with Gasteiger partial charge in [-0.05, 0) is 36.4 Å². The molecule has 3 radical (unpaired) electrons. The average Bonchev–Trinajstić information content (AvgIpc) is 4.01. The van der Waals surface area contributed by atoms with Gasteiger partial charge in [-0.1, -0.05) is 0 Å². The Bertz CT molecular complexity index is 1810. The number of carbonyl (C=O) groups is 6. The summed E-state index contributed by atoms with van der Waals surface area (Å²) in [6.07, 6.45) is -1.73. The SMILES string of the molecule is CC(=O)NC[C@@H](CCl)OC(C)=O.CC(=O)NC[C@H]1CN(c2ccc(N3CCOCC3)c(F)c2)C(=O)O1.CC(=O)NC[C@H]1CO1.COC(=O)Nc1ccc(N2CCOCC2)c(F)c1.F.[B]. The zero-order valence-corrected chi connectivity index (χ0v) is 37.2. The second kappa shape index (κ2) is 29.8. The lowest BCUT2D eigenvalue weighted by atomic mass is 10.2. The summed E-state index contributed by atoms with van der Waals surface area (Å²) >= 11 is 5.47. The zero-order chi connectivity index (χ0) is 45.6. The normalized spacial score (nSPS) is 17.5. The van der Waals surface area contributed by atoms with Gasteiger partial charge in [0.1, 0.15) is 23.8 Å². The third kappa shape index (κ3) is 21.2. The van der Waals surface area contributed by atoms with Crippen molar-refractivity contribution in [3.8, 4) is 0 Å². The Morgan fingerprint density at radius 1 is 0.797 bits per heavy atom. The number of hydrogen-bond donors (Lipinski definition) is 4. The summed E-state index contributed by atoms with van der Waals surface area (Å²) in [5.41, 5.74) is 1.84. The molecular formula is C40H57BClF3N7O12. The van der Waals surface area contributed by atoms with Gasteiger partial charge >= 0.3 is 18.2 Å². The van der Waals surface area contributed by atoms with E-state index in [4.69, 9.17) is 35.3 Å². The molecule has 0 aliphatic carbocycles. The number of nitrogens with zero attached hydrogens (tertiary/aromatic N) is 3. The highest BCUT2D eigenvalue weighted by molar-refractivity contribution is 6.18. The third-order valence-electron chi connectivity index (χ3n) is 8.84. The van der Waals surface area contributed by atoms with Crippen molar-refractivity contribution in [3.05, 3.63) is 48.0 Å². The molecule has 355 valence electrons. The first-order valence-electron chi connectivity index (χ1n) is 19.8. The van der Waals surface area contributed by atoms with Crippen LogP contribution in [-0.4, -0.2) is 161 Å². The number of hydrogen-bond acceptors (Lipinski definition) is 14. The van der Waals surface area contributed by atoms with Gasteiger partial charge in [0.2, 0.25) is 17.7 Å². The highest BCUT2D eigenvalue weighted by atomic mass is 35.5. The van der Waals surface area contributed by atoms with E-state index in [0.29, 0.717) is 88.0 Å². The van der Waals surface area contributed by atoms with Crippen LogP contribution >= 0.6 is 11.6 Å². The van der Waals surface area contributed by atoms with Crippen molar-refractivity contribution in [3.63, 3.8) is 0 Å². The molecule has 4 N–H and O–H groups in total. The van der Waals surface area contributed by atoms with Crippen molar-refractivity contribution in [2.45, 2.75) is 46.0 Å². The summed E-state index contributed by atoms with van der Waals surface area (Å²) in [5, 5.41) is 10.2. The Labute approximate surface area is 377 Å². The standard InChI is InChI=1S/C16H20FN3O4.C12H15FN2O3.C7H12ClNO3.C5H9NO2.B.FH/c1-11(21)18-9-13-10-20(16(22)24-13)12-2-3-15(14(17)8-12)19-4-6-23-7-5-19;1-17-12(16)14-9-2-3-11(10(13)8-9)15-4-6-18-7-5-15;1-5(10)9-4-7(3-8)12-6(2)11;1-4(7)6-2-5-3-8-5;;/h2-3,8,13H,4-7,9-10H2,1H3,(H,18,21);2-3,8H,4-7H2,1H3,(H,14,16);7H,3-4H2,1-2H3,(H,9,10);5H,2-3H2,1H3,(H,6,7);;1H/t13-;;7-;5-;;/m0.10../s1. The van der Waals surface area contributed by atoms with Crippen molar-refractivity contribution in [1.82, 2.24) is 16.0 Å². The van der Waals surface area contributed by atoms with E-state index in [1.807, 2.05) is 9.80 Å². The second-order valence-electron chi connectivity index (χ2n) is 13.9. The van der Waals surface area contributed by atoms with Crippen LogP contribution in [0.1, 0.15) is 27.7 Å². The molecule has 4 aliphatic rings. The van der Waals surface area contributed by atoms with Gasteiger partial charge in [0.15, 0.2) is 0 Å². The molecule has 24 heteroatoms. The summed E-state index contributed by atoms with van der Waals surface area (Å²) < 4.78 is 58.1. The number of carbonyl (C=O) groups excluding carboxylic acids is 6. The summed E-state index contributed by atoms with van der Waals surface area (Å²) in [4.78, 5) is 70.2. The Morgan fingerprint density at radius 2 is 1.30 bits per heavy atom. The monoisotopic (exact) mass is 930 g/mol. The number of alkyl halides is 1. The van der Waals surface area contributed by atoms with Gasteiger partial charge in [-0.25, -0.2) is 18.4 Å². The molecule has 0 bridgehead atoms. The molecule has 64 heavy (non-hydrogen) atoms. The van der Waals surface area contributed by atoms with E-state index >= 15 is 0 Å². The number of ether oxygens (including phenoxy) is 6. The topological polar surface area (TPSA) is 219 Å². The quantitative estimate of drug-likeness (QED) is 0.0791. The molecule has 19 nitrogen and oxygen atoms in total. The van der Waals surface area contributed by atoms with Crippen LogP contribution in [0.2, 0.25) is 0 Å². The van der Waals surface area contributed by atoms with E-state index in [0.717, 1.165) is 6.61 Å². The first kappa shape index (κ1) is 56.5. The number of amides is 5. The third-order valence-corrected chi connectivity index (χ3v) is 9.19. The highest BCUT2D eigenvalue weighted by Gasteiger charge is 2.33. The first-order valence-corrected chi connectivity index (χ1v) is 20.3. The van der Waals surface area contributed by atoms with Gasteiger partial charge in [0, 0.05) is 74.5 Å². The van der Waals surface area contributed by atoms with Crippen LogP contribution in [0.4, 0.5) is 45.8 Å². The van der Waals surface area contributed by atoms with Crippen LogP contribution in [0.3, 0.4) is 0 Å². The lowest BCUT2D eigenvalue weighted by molar-refractivity contribution is -0.145. The van der Waals surface area contributed by atoms with E-state index < -0.39 is 30.4 Å². The Kier molecular flexibility index (Phi) is 26.3. The number of benzene rings is 2. The van der Waals surface area contributed by atoms with Crippen LogP contribution in [0.15, 0.2) is 36.4 Å². The van der Waals surface area contributed by atoms with E-state index in [-0.39, 0.29) is 68.0 Å². The largest absolute Gasteiger partial charge is 0.459 e. The molecule has 2 aromatic rings. The Morgan fingerprint density at radius 3 is 1.73 bits per heavy atom. The van der Waals surface area contributed by atoms with E-state index in [1.165, 1.54) is 51.8 Å². The Hall–Kier alpha value is -5.52. The predicted molar refractivity (Wildman–Crippen MR) is 233 cm³/mol. The minimum Gasteiger partial charge on any atom is -0.459 e. The van der Waals surface area contributed by atoms with E-state index in [1.54, 1.807) is 24.3 Å². The maximum absolute atomic E-state index is 14.4. The predicted octanol–water partition coefficient (Wildman–Crippen LogP) is 2.55. The molecule has 6 rings (SSSR count). The fourth-order valence-electron chi connectivity index (χ4n) is 5.70. The maximum atomic E-state index is 14.4. The van der Waals surface area contributed by atoms with Crippen molar-refractivity contribution in [2.24, 2.45) is 0 Å². The van der Waals surface area contributed by atoms with Crippen LogP contribution in [0.25, 0.3) is 0 Å². The molecule has 3 atom stereocenters. The fraction of sp³-hybridized carbons (Fsp3) is 0.550. The van der Waals surface area contributed by atoms with E-state index in [2.05, 4.69) is 26.0 Å². The van der Waals surface area contributed by atoms with Crippen LogP contribution in [0.5, 0.6) is 0 Å². The lowest BCUT2D eigenvalue weighted by Gasteiger charge is -2.29. The molecule has 0 saturated carbocycles. The first-order chi connectivity index (χ1) is 29.6. The second-order valence-corrected chi connectivity index (χ2v) is 14.2. The molecule has 0 unspecified atom stereocenters. The number of anilines is 4. The minimum atomic E-state index is -0.617. The lowest BCUT2D eigenvalue weighted by Crippen LogP contribution is -2.36. The molecular weight excluding hydrogens is 874 g/mol. The van der Waals surface area contributed by atoms with Crippen LogP contribution < -0.4 is 36.0 Å².